The molecule has 240 valence electrons. The van der Waals surface area contributed by atoms with Crippen LogP contribution in [0.4, 0.5) is 21.6 Å². The van der Waals surface area contributed by atoms with E-state index in [0.717, 1.165) is 61.4 Å². The maximum Gasteiger partial charge on any atom is 0.357 e. The normalized spacial score (nSPS) is 27.1. The first kappa shape index (κ1) is 29.6. The molecular formula is C34H40N8O2S2. The van der Waals surface area contributed by atoms with E-state index in [9.17, 15) is 4.79 Å². The summed E-state index contributed by atoms with van der Waals surface area (Å²) in [4.78, 5) is 25.8. The summed E-state index contributed by atoms with van der Waals surface area (Å²) < 4.78 is 8.94. The number of aliphatic imine (C=N–C) groups is 1. The lowest BCUT2D eigenvalue weighted by atomic mass is 9.49. The maximum atomic E-state index is 13.6. The molecule has 4 saturated carbocycles. The third-order valence-electron chi connectivity index (χ3n) is 10.4. The highest BCUT2D eigenvalue weighted by atomic mass is 32.2. The molecule has 1 unspecified atom stereocenters. The molecule has 3 aromatic heterocycles. The molecule has 0 radical (unpaired) electrons. The van der Waals surface area contributed by atoms with Crippen molar-refractivity contribution in [1.82, 2.24) is 25.0 Å². The summed E-state index contributed by atoms with van der Waals surface area (Å²) in [6.07, 6.45) is 12.0. The summed E-state index contributed by atoms with van der Waals surface area (Å²) in [6, 6.07) is 9.99. The Morgan fingerprint density at radius 1 is 1.13 bits per heavy atom. The predicted octanol–water partition coefficient (Wildman–Crippen LogP) is 7.82. The minimum atomic E-state index is -1.55. The number of fused-ring (bicyclic) bond motifs is 1. The molecular weight excluding hydrogens is 617 g/mol. The maximum absolute atomic E-state index is 13.6. The molecule has 4 aromatic rings. The molecule has 4 fully saturated rings. The fourth-order valence-corrected chi connectivity index (χ4v) is 11.6. The van der Waals surface area contributed by atoms with Crippen molar-refractivity contribution < 1.29 is 9.53 Å². The van der Waals surface area contributed by atoms with Crippen molar-refractivity contribution in [2.75, 3.05) is 23.9 Å². The van der Waals surface area contributed by atoms with E-state index in [1.807, 2.05) is 62.5 Å². The second kappa shape index (κ2) is 11.5. The number of hydrogen-bond acceptors (Lipinski definition) is 10. The number of amidine groups is 1. The number of thiol groups is 1. The molecule has 1 N–H and O–H groups in total. The third kappa shape index (κ3) is 5.19. The SMILES string of the molecule is CCOC(=O)[SH]1C(c2cnn(CC34CC5CC(CC(C5)C3)C4)c2C)=CN=C1N(C)c1cc(C)c(Nc2nc3ccccc3s2)nn1. The molecule has 4 aliphatic carbocycles. The Hall–Kier alpha value is -3.77. The molecule has 5 aliphatic rings. The Kier molecular flexibility index (Phi) is 7.39. The Labute approximate surface area is 275 Å². The zero-order valence-corrected chi connectivity index (χ0v) is 28.4. The molecule has 46 heavy (non-hydrogen) atoms. The molecule has 4 heterocycles. The van der Waals surface area contributed by atoms with Gasteiger partial charge in [0.1, 0.15) is 0 Å². The van der Waals surface area contributed by atoms with Gasteiger partial charge in [0.25, 0.3) is 0 Å². The van der Waals surface area contributed by atoms with Crippen molar-refractivity contribution in [1.29, 1.82) is 0 Å². The molecule has 0 spiro atoms. The molecule has 1 aliphatic heterocycles. The Morgan fingerprint density at radius 2 is 1.87 bits per heavy atom. The van der Waals surface area contributed by atoms with Crippen molar-refractivity contribution in [3.63, 3.8) is 0 Å². The summed E-state index contributed by atoms with van der Waals surface area (Å²) in [7, 11) is 0.335. The number of rotatable bonds is 7. The molecule has 12 heteroatoms. The van der Waals surface area contributed by atoms with Crippen LogP contribution in [-0.2, 0) is 11.3 Å². The van der Waals surface area contributed by atoms with Crippen LogP contribution in [0.5, 0.6) is 0 Å². The summed E-state index contributed by atoms with van der Waals surface area (Å²) in [5.41, 5.74) is 4.29. The highest BCUT2D eigenvalue weighted by Crippen LogP contribution is 2.61. The van der Waals surface area contributed by atoms with E-state index in [-0.39, 0.29) is 5.30 Å². The largest absolute Gasteiger partial charge is 0.459 e. The molecule has 10 nitrogen and oxygen atoms in total. The summed E-state index contributed by atoms with van der Waals surface area (Å²) in [6.45, 7) is 7.23. The van der Waals surface area contributed by atoms with Crippen molar-refractivity contribution in [3.05, 3.63) is 59.5 Å². The number of para-hydroxylation sites is 1. The quantitative estimate of drug-likeness (QED) is 0.153. The van der Waals surface area contributed by atoms with Crippen molar-refractivity contribution in [2.45, 2.75) is 65.8 Å². The number of nitrogens with one attached hydrogen (secondary N) is 1. The summed E-state index contributed by atoms with van der Waals surface area (Å²) in [5.74, 6) is 3.92. The lowest BCUT2D eigenvalue weighted by molar-refractivity contribution is -0.0638. The van der Waals surface area contributed by atoms with Crippen LogP contribution in [0, 0.1) is 37.0 Å². The van der Waals surface area contributed by atoms with Crippen LogP contribution < -0.4 is 10.2 Å². The number of benzene rings is 1. The van der Waals surface area contributed by atoms with Crippen molar-refractivity contribution in [3.8, 4) is 0 Å². The van der Waals surface area contributed by atoms with Gasteiger partial charge in [0, 0.05) is 36.0 Å². The number of anilines is 3. The van der Waals surface area contributed by atoms with Gasteiger partial charge in [-0.15, -0.1) is 10.2 Å². The smallest absolute Gasteiger partial charge is 0.357 e. The number of carbonyl (C=O) groups excluding carboxylic acids is 1. The van der Waals surface area contributed by atoms with Gasteiger partial charge in [0.05, 0.1) is 23.0 Å². The molecule has 1 aromatic carbocycles. The van der Waals surface area contributed by atoms with E-state index in [1.165, 1.54) is 38.5 Å². The van der Waals surface area contributed by atoms with E-state index in [2.05, 4.69) is 38.2 Å². The second-order valence-corrected chi connectivity index (χ2v) is 16.5. The van der Waals surface area contributed by atoms with Crippen LogP contribution in [0.2, 0.25) is 0 Å². The fraction of sp³-hybridized carbons (Fsp3) is 0.471. The third-order valence-corrected chi connectivity index (χ3v) is 13.5. The van der Waals surface area contributed by atoms with Crippen LogP contribution in [0.25, 0.3) is 15.1 Å². The van der Waals surface area contributed by atoms with Crippen LogP contribution in [-0.4, -0.2) is 49.1 Å². The summed E-state index contributed by atoms with van der Waals surface area (Å²) >= 11 is 1.57. The monoisotopic (exact) mass is 656 g/mol. The van der Waals surface area contributed by atoms with Crippen LogP contribution >= 0.6 is 22.2 Å². The summed E-state index contributed by atoms with van der Waals surface area (Å²) in [5, 5.41) is 18.4. The number of carbonyl (C=O) groups is 1. The molecule has 0 amide bonds. The molecule has 0 saturated heterocycles. The van der Waals surface area contributed by atoms with Crippen molar-refractivity contribution in [2.24, 2.45) is 28.2 Å². The first-order valence-electron chi connectivity index (χ1n) is 16.3. The average Bonchev–Trinajstić information content (AvgIpc) is 3.73. The lowest BCUT2D eigenvalue weighted by Crippen LogP contribution is -2.48. The zero-order chi connectivity index (χ0) is 31.6. The van der Waals surface area contributed by atoms with Gasteiger partial charge in [0.2, 0.25) is 0 Å². The van der Waals surface area contributed by atoms with Crippen LogP contribution in [0.1, 0.15) is 62.3 Å². The minimum absolute atomic E-state index is 0.265. The van der Waals surface area contributed by atoms with Gasteiger partial charge in [-0.2, -0.15) is 5.10 Å². The predicted molar refractivity (Wildman–Crippen MR) is 187 cm³/mol. The first-order chi connectivity index (χ1) is 22.3. The number of aryl methyl sites for hydroxylation is 1. The second-order valence-electron chi connectivity index (χ2n) is 13.6. The van der Waals surface area contributed by atoms with Gasteiger partial charge in [0.15, 0.2) is 21.9 Å². The Balaban J connectivity index is 1.02. The number of hydrogen-bond donors (Lipinski definition) is 2. The highest BCUT2D eigenvalue weighted by Gasteiger charge is 2.51. The Bertz CT molecular complexity index is 1830. The van der Waals surface area contributed by atoms with E-state index in [0.29, 0.717) is 28.8 Å². The zero-order valence-electron chi connectivity index (χ0n) is 26.7. The molecule has 4 bridgehead atoms. The molecule has 1 atom stereocenters. The number of nitrogens with zero attached hydrogens (tertiary/aromatic N) is 7. The van der Waals surface area contributed by atoms with Gasteiger partial charge in [-0.25, -0.2) is 14.8 Å². The van der Waals surface area contributed by atoms with Crippen molar-refractivity contribution >= 4 is 64.6 Å². The van der Waals surface area contributed by atoms with E-state index in [4.69, 9.17) is 14.8 Å². The van der Waals surface area contributed by atoms with Gasteiger partial charge in [-0.05, 0) is 106 Å². The van der Waals surface area contributed by atoms with Crippen LogP contribution in [0.3, 0.4) is 0 Å². The fourth-order valence-electron chi connectivity index (χ4n) is 8.68. The van der Waals surface area contributed by atoms with Gasteiger partial charge >= 0.3 is 5.30 Å². The van der Waals surface area contributed by atoms with E-state index < -0.39 is 10.9 Å². The average molecular weight is 657 g/mol. The number of aromatic nitrogens is 5. The lowest BCUT2D eigenvalue weighted by Gasteiger charge is -2.56. The highest BCUT2D eigenvalue weighted by molar-refractivity contribution is 8.47. The van der Waals surface area contributed by atoms with E-state index >= 15 is 0 Å². The van der Waals surface area contributed by atoms with Gasteiger partial charge in [-0.1, -0.05) is 34.4 Å². The van der Waals surface area contributed by atoms with Crippen LogP contribution in [0.15, 0.2) is 47.7 Å². The standard InChI is InChI=1S/C34H40N8O2S2/c1-5-44-33(43)46-28(25-17-36-42(21(25)3)19-34-14-22-11-23(15-34)13-24(12-22)16-34)18-35-32(46)41(4)29-10-20(2)30(40-39-29)38-31-37-26-8-6-7-9-27(26)45-31/h6-10,17-18,22-24,46H,5,11-16,19H2,1-4H3,(H,37,38,40). The van der Waals surface area contributed by atoms with Gasteiger partial charge in [-0.3, -0.25) is 4.68 Å². The number of thiazole rings is 1. The minimum Gasteiger partial charge on any atom is -0.459 e. The van der Waals surface area contributed by atoms with Gasteiger partial charge < -0.3 is 15.0 Å². The van der Waals surface area contributed by atoms with E-state index in [1.54, 1.807) is 11.3 Å². The molecule has 9 rings (SSSR count). The number of ether oxygens (including phenoxy) is 1. The topological polar surface area (TPSA) is 110 Å². The first-order valence-corrected chi connectivity index (χ1v) is 18.4. The Morgan fingerprint density at radius 3 is 2.57 bits per heavy atom.